The van der Waals surface area contributed by atoms with Crippen molar-refractivity contribution in [2.24, 2.45) is 0 Å². The number of nitro benzene ring substituents is 1. The van der Waals surface area contributed by atoms with Crippen molar-refractivity contribution in [3.63, 3.8) is 0 Å². The summed E-state index contributed by atoms with van der Waals surface area (Å²) in [7, 11) is 0. The molecule has 4 nitrogen and oxygen atoms in total. The summed E-state index contributed by atoms with van der Waals surface area (Å²) < 4.78 is 43.7. The highest BCUT2D eigenvalue weighted by atomic mass is 35.5. The fourth-order valence-corrected chi connectivity index (χ4v) is 3.47. The van der Waals surface area contributed by atoms with Gasteiger partial charge in [0.15, 0.2) is 0 Å². The monoisotopic (exact) mass is 439 g/mol. The zero-order chi connectivity index (χ0) is 21.0. The molecule has 0 N–H and O–H groups in total. The second kappa shape index (κ2) is 8.75. The summed E-state index contributed by atoms with van der Waals surface area (Å²) in [4.78, 5) is 12.2. The fraction of sp³-hybridized carbons (Fsp3) is 0.100. The minimum atomic E-state index is -4.47. The average Bonchev–Trinajstić information content (AvgIpc) is 2.68. The number of alkyl halides is 3. The highest BCUT2D eigenvalue weighted by molar-refractivity contribution is 7.99. The predicted octanol–water partition coefficient (Wildman–Crippen LogP) is 7.00. The molecule has 0 aromatic heterocycles. The maximum absolute atomic E-state index is 12.8. The van der Waals surface area contributed by atoms with Gasteiger partial charge in [0.05, 0.1) is 15.4 Å². The number of nitro groups is 1. The molecule has 9 heteroatoms. The van der Waals surface area contributed by atoms with E-state index in [9.17, 15) is 23.3 Å². The Balaban J connectivity index is 1.76. The third kappa shape index (κ3) is 5.65. The molecule has 3 aromatic carbocycles. The molecule has 3 aromatic rings. The van der Waals surface area contributed by atoms with Gasteiger partial charge in [-0.1, -0.05) is 35.5 Å². The van der Waals surface area contributed by atoms with E-state index in [-0.39, 0.29) is 18.0 Å². The summed E-state index contributed by atoms with van der Waals surface area (Å²) in [5, 5.41) is 12.0. The molecule has 0 aliphatic heterocycles. The first-order valence-corrected chi connectivity index (χ1v) is 9.42. The summed E-state index contributed by atoms with van der Waals surface area (Å²) in [6.07, 6.45) is -4.47. The van der Waals surface area contributed by atoms with Gasteiger partial charge in [-0.05, 0) is 54.1 Å². The molecule has 0 heterocycles. The van der Waals surface area contributed by atoms with Gasteiger partial charge in [0, 0.05) is 16.0 Å². The Bertz CT molecular complexity index is 1030. The lowest BCUT2D eigenvalue weighted by atomic mass is 10.2. The van der Waals surface area contributed by atoms with Gasteiger partial charge in [0.25, 0.3) is 5.69 Å². The Morgan fingerprint density at radius 1 is 1.03 bits per heavy atom. The van der Waals surface area contributed by atoms with Gasteiger partial charge in [0.1, 0.15) is 12.4 Å². The van der Waals surface area contributed by atoms with E-state index in [1.165, 1.54) is 30.0 Å². The second-order valence-corrected chi connectivity index (χ2v) is 7.48. The highest BCUT2D eigenvalue weighted by Gasteiger charge is 2.30. The summed E-state index contributed by atoms with van der Waals surface area (Å²) in [6, 6.07) is 15.9. The molecular formula is C20H13ClF3NO3S. The van der Waals surface area contributed by atoms with Crippen LogP contribution in [0.4, 0.5) is 18.9 Å². The SMILES string of the molecule is O=[N+]([O-])c1cc(COc2cccc(C(F)(F)F)c2)ccc1Sc1ccc(Cl)cc1. The number of benzene rings is 3. The van der Waals surface area contributed by atoms with Crippen LogP contribution >= 0.6 is 23.4 Å². The number of halogens is 4. The smallest absolute Gasteiger partial charge is 0.416 e. The molecule has 150 valence electrons. The van der Waals surface area contributed by atoms with Crippen LogP contribution in [0, 0.1) is 10.1 Å². The maximum atomic E-state index is 12.8. The van der Waals surface area contributed by atoms with Crippen molar-refractivity contribution >= 4 is 29.1 Å². The quantitative estimate of drug-likeness (QED) is 0.306. The molecule has 0 radical (unpaired) electrons. The Kier molecular flexibility index (Phi) is 6.34. The first-order chi connectivity index (χ1) is 13.7. The third-order valence-electron chi connectivity index (χ3n) is 3.83. The van der Waals surface area contributed by atoms with Crippen LogP contribution in [0.5, 0.6) is 5.75 Å². The van der Waals surface area contributed by atoms with Crippen molar-refractivity contribution in [2.45, 2.75) is 22.6 Å². The number of hydrogen-bond acceptors (Lipinski definition) is 4. The zero-order valence-electron chi connectivity index (χ0n) is 14.7. The van der Waals surface area contributed by atoms with Gasteiger partial charge in [-0.25, -0.2) is 0 Å². The van der Waals surface area contributed by atoms with Gasteiger partial charge in [-0.2, -0.15) is 13.2 Å². The average molecular weight is 440 g/mol. The van der Waals surface area contributed by atoms with Crippen LogP contribution in [-0.4, -0.2) is 4.92 Å². The molecule has 0 amide bonds. The van der Waals surface area contributed by atoms with E-state index in [2.05, 4.69) is 0 Å². The summed E-state index contributed by atoms with van der Waals surface area (Å²) >= 11 is 7.06. The minimum Gasteiger partial charge on any atom is -0.489 e. The molecule has 29 heavy (non-hydrogen) atoms. The van der Waals surface area contributed by atoms with Gasteiger partial charge in [-0.3, -0.25) is 10.1 Å². The Hall–Kier alpha value is -2.71. The normalized spacial score (nSPS) is 11.3. The summed E-state index contributed by atoms with van der Waals surface area (Å²) in [6.45, 7) is -0.103. The van der Waals surface area contributed by atoms with E-state index in [4.69, 9.17) is 16.3 Å². The van der Waals surface area contributed by atoms with Crippen LogP contribution in [0.3, 0.4) is 0 Å². The van der Waals surface area contributed by atoms with E-state index in [1.807, 2.05) is 0 Å². The molecule has 0 saturated heterocycles. The summed E-state index contributed by atoms with van der Waals surface area (Å²) in [5.74, 6) is 0.0297. The topological polar surface area (TPSA) is 52.4 Å². The molecular weight excluding hydrogens is 427 g/mol. The fourth-order valence-electron chi connectivity index (χ4n) is 2.44. The standard InChI is InChI=1S/C20H13ClF3NO3S/c21-15-5-7-17(8-6-15)29-19-9-4-13(10-18(19)25(26)27)12-28-16-3-1-2-14(11-16)20(22,23)24/h1-11H,12H2. The Morgan fingerprint density at radius 2 is 1.76 bits per heavy atom. The molecule has 0 unspecified atom stereocenters. The predicted molar refractivity (Wildman–Crippen MR) is 104 cm³/mol. The van der Waals surface area contributed by atoms with Crippen LogP contribution in [0.15, 0.2) is 76.5 Å². The molecule has 0 aliphatic rings. The van der Waals surface area contributed by atoms with Crippen molar-refractivity contribution < 1.29 is 22.8 Å². The van der Waals surface area contributed by atoms with Crippen molar-refractivity contribution in [1.29, 1.82) is 0 Å². The van der Waals surface area contributed by atoms with Gasteiger partial charge >= 0.3 is 6.18 Å². The number of nitrogens with zero attached hydrogens (tertiary/aromatic N) is 1. The van der Waals surface area contributed by atoms with Crippen molar-refractivity contribution in [2.75, 3.05) is 0 Å². The van der Waals surface area contributed by atoms with Crippen LogP contribution in [0.2, 0.25) is 5.02 Å². The van der Waals surface area contributed by atoms with E-state index < -0.39 is 16.7 Å². The number of ether oxygens (including phenoxy) is 1. The lowest BCUT2D eigenvalue weighted by Crippen LogP contribution is -2.05. The molecule has 0 aliphatic carbocycles. The molecule has 0 atom stereocenters. The molecule has 0 saturated carbocycles. The van der Waals surface area contributed by atoms with Gasteiger partial charge in [-0.15, -0.1) is 0 Å². The maximum Gasteiger partial charge on any atom is 0.416 e. The third-order valence-corrected chi connectivity index (χ3v) is 5.15. The van der Waals surface area contributed by atoms with Crippen molar-refractivity contribution in [3.8, 4) is 5.75 Å². The highest BCUT2D eigenvalue weighted by Crippen LogP contribution is 2.36. The Labute approximate surface area is 173 Å². The minimum absolute atomic E-state index is 0.0297. The lowest BCUT2D eigenvalue weighted by molar-refractivity contribution is -0.387. The van der Waals surface area contributed by atoms with Gasteiger partial charge in [0.2, 0.25) is 0 Å². The number of hydrogen-bond donors (Lipinski definition) is 0. The first-order valence-electron chi connectivity index (χ1n) is 8.23. The van der Waals surface area contributed by atoms with Crippen LogP contribution in [0.25, 0.3) is 0 Å². The molecule has 0 bridgehead atoms. The largest absolute Gasteiger partial charge is 0.489 e. The molecule has 3 rings (SSSR count). The van der Waals surface area contributed by atoms with Crippen LogP contribution < -0.4 is 4.74 Å². The van der Waals surface area contributed by atoms with Crippen molar-refractivity contribution in [3.05, 3.63) is 93.0 Å². The lowest BCUT2D eigenvalue weighted by Gasteiger charge is -2.11. The first kappa shape index (κ1) is 21.0. The molecule has 0 spiro atoms. The Morgan fingerprint density at radius 3 is 2.41 bits per heavy atom. The number of rotatable bonds is 6. The van der Waals surface area contributed by atoms with Crippen LogP contribution in [-0.2, 0) is 12.8 Å². The van der Waals surface area contributed by atoms with E-state index in [0.717, 1.165) is 17.0 Å². The van der Waals surface area contributed by atoms with Gasteiger partial charge < -0.3 is 4.74 Å². The van der Waals surface area contributed by atoms with Crippen LogP contribution in [0.1, 0.15) is 11.1 Å². The molecule has 0 fully saturated rings. The van der Waals surface area contributed by atoms with Crippen molar-refractivity contribution in [1.82, 2.24) is 0 Å². The second-order valence-electron chi connectivity index (χ2n) is 5.93. The van der Waals surface area contributed by atoms with E-state index >= 15 is 0 Å². The van der Waals surface area contributed by atoms with E-state index in [1.54, 1.807) is 36.4 Å². The zero-order valence-corrected chi connectivity index (χ0v) is 16.2. The summed E-state index contributed by atoms with van der Waals surface area (Å²) in [5.41, 5.74) is -0.472. The van der Waals surface area contributed by atoms with E-state index in [0.29, 0.717) is 15.5 Å².